The topological polar surface area (TPSA) is 41.9 Å². The largest absolute Gasteiger partial charge is 0.573 e. The van der Waals surface area contributed by atoms with Crippen LogP contribution in [0.2, 0.25) is 0 Å². The molecule has 194 valence electrons. The minimum atomic E-state index is -4.97. The van der Waals surface area contributed by atoms with Crippen LogP contribution < -0.4 is 9.64 Å². The van der Waals surface area contributed by atoms with Crippen molar-refractivity contribution in [3.05, 3.63) is 72.0 Å². The van der Waals surface area contributed by atoms with Crippen LogP contribution >= 0.6 is 0 Å². The van der Waals surface area contributed by atoms with E-state index in [4.69, 9.17) is 4.74 Å². The van der Waals surface area contributed by atoms with E-state index in [0.29, 0.717) is 6.07 Å². The SMILES string of the molecule is O[C@@H](CN1c2cccc(-c3cc(F)cc(F)c3)c2OCC1[C@@H]1C=C(OC(F)(F)F)C=CC1)C(F)(F)F. The van der Waals surface area contributed by atoms with Gasteiger partial charge in [0, 0.05) is 17.5 Å². The summed E-state index contributed by atoms with van der Waals surface area (Å²) in [5.74, 6) is -3.02. The van der Waals surface area contributed by atoms with E-state index in [1.807, 2.05) is 0 Å². The predicted molar refractivity (Wildman–Crippen MR) is 113 cm³/mol. The zero-order chi connectivity index (χ0) is 26.3. The fourth-order valence-electron chi connectivity index (χ4n) is 4.30. The Morgan fingerprint density at radius 2 is 1.75 bits per heavy atom. The van der Waals surface area contributed by atoms with Crippen LogP contribution in [0.1, 0.15) is 6.42 Å². The molecule has 0 radical (unpaired) electrons. The molecule has 0 amide bonds. The van der Waals surface area contributed by atoms with Crippen LogP contribution in [0.4, 0.5) is 40.8 Å². The van der Waals surface area contributed by atoms with Crippen LogP contribution in [-0.4, -0.2) is 42.9 Å². The summed E-state index contributed by atoms with van der Waals surface area (Å²) in [6.07, 6.45) is -8.91. The molecular weight excluding hydrogens is 502 g/mol. The van der Waals surface area contributed by atoms with Gasteiger partial charge < -0.3 is 19.5 Å². The van der Waals surface area contributed by atoms with Crippen molar-refractivity contribution in [2.45, 2.75) is 31.1 Å². The molecule has 1 aliphatic carbocycles. The number of fused-ring (bicyclic) bond motifs is 1. The summed E-state index contributed by atoms with van der Waals surface area (Å²) < 4.78 is 115. The maximum atomic E-state index is 13.8. The predicted octanol–water partition coefficient (Wildman–Crippen LogP) is 6.12. The standard InChI is InChI=1S/C24H19F8NO3/c25-15-7-14(8-16(26)10-15)18-5-2-6-19-22(18)35-12-20(33(19)11-21(34)23(27,28)29)13-3-1-4-17(9-13)36-24(30,31)32/h1-2,4-10,13,20-21,34H,3,11-12H2/t13-,20?,21-/m0/s1. The number of rotatable bonds is 5. The van der Waals surface area contributed by atoms with Crippen molar-refractivity contribution < 1.29 is 49.7 Å². The number of para-hydroxylation sites is 1. The third-order valence-corrected chi connectivity index (χ3v) is 5.82. The third-order valence-electron chi connectivity index (χ3n) is 5.82. The Balaban J connectivity index is 1.75. The molecule has 0 aromatic heterocycles. The van der Waals surface area contributed by atoms with Gasteiger partial charge in [0.15, 0.2) is 11.9 Å². The second kappa shape index (κ2) is 9.64. The molecule has 1 unspecified atom stereocenters. The van der Waals surface area contributed by atoms with Gasteiger partial charge in [-0.3, -0.25) is 0 Å². The lowest BCUT2D eigenvalue weighted by molar-refractivity contribution is -0.303. The van der Waals surface area contributed by atoms with E-state index in [9.17, 15) is 40.2 Å². The minimum Gasteiger partial charge on any atom is -0.489 e. The Hall–Kier alpha value is -3.28. The Morgan fingerprint density at radius 1 is 1.06 bits per heavy atom. The summed E-state index contributed by atoms with van der Waals surface area (Å²) in [7, 11) is 0. The fraction of sp³-hybridized carbons (Fsp3) is 0.333. The van der Waals surface area contributed by atoms with E-state index in [1.165, 1.54) is 29.2 Å². The first-order chi connectivity index (χ1) is 16.8. The molecule has 1 aliphatic heterocycles. The van der Waals surface area contributed by atoms with Crippen LogP contribution in [0.15, 0.2) is 60.4 Å². The molecular formula is C24H19F8NO3. The van der Waals surface area contributed by atoms with Crippen molar-refractivity contribution in [2.75, 3.05) is 18.1 Å². The number of hydrogen-bond acceptors (Lipinski definition) is 4. The number of alkyl halides is 6. The summed E-state index contributed by atoms with van der Waals surface area (Å²) >= 11 is 0. The van der Waals surface area contributed by atoms with Crippen molar-refractivity contribution in [1.29, 1.82) is 0 Å². The normalized spacial score (nSPS) is 20.9. The molecule has 1 N–H and O–H groups in total. The number of benzene rings is 2. The number of β-amino-alcohol motifs (C(OH)–C–C–N with tert-alkyl or cyclic N) is 1. The second-order valence-electron chi connectivity index (χ2n) is 8.32. The average Bonchev–Trinajstić information content (AvgIpc) is 2.76. The van der Waals surface area contributed by atoms with Crippen molar-refractivity contribution >= 4 is 5.69 Å². The summed E-state index contributed by atoms with van der Waals surface area (Å²) in [5.41, 5.74) is 0.342. The molecule has 1 heterocycles. The maximum Gasteiger partial charge on any atom is 0.573 e. The van der Waals surface area contributed by atoms with Gasteiger partial charge in [0.05, 0.1) is 18.3 Å². The fourth-order valence-corrected chi connectivity index (χ4v) is 4.30. The highest BCUT2D eigenvalue weighted by molar-refractivity contribution is 5.80. The zero-order valence-electron chi connectivity index (χ0n) is 18.3. The Bertz CT molecular complexity index is 1150. The van der Waals surface area contributed by atoms with Crippen molar-refractivity contribution in [3.63, 3.8) is 0 Å². The summed E-state index contributed by atoms with van der Waals surface area (Å²) in [4.78, 5) is 1.20. The first-order valence-electron chi connectivity index (χ1n) is 10.7. The Morgan fingerprint density at radius 3 is 2.39 bits per heavy atom. The highest BCUT2D eigenvalue weighted by Gasteiger charge is 2.43. The molecule has 36 heavy (non-hydrogen) atoms. The first kappa shape index (κ1) is 25.8. The van der Waals surface area contributed by atoms with Gasteiger partial charge in [-0.2, -0.15) is 13.2 Å². The number of aliphatic hydroxyl groups excluding tert-OH is 1. The Kier molecular flexibility index (Phi) is 6.91. The number of anilines is 1. The van der Waals surface area contributed by atoms with E-state index in [-0.39, 0.29) is 35.6 Å². The lowest BCUT2D eigenvalue weighted by Crippen LogP contribution is -2.52. The number of allylic oxidation sites excluding steroid dienone is 2. The molecule has 2 aromatic carbocycles. The number of hydrogen-bond donors (Lipinski definition) is 1. The third kappa shape index (κ3) is 5.75. The molecule has 4 nitrogen and oxygen atoms in total. The molecule has 0 spiro atoms. The Labute approximate surface area is 200 Å². The quantitative estimate of drug-likeness (QED) is 0.482. The summed E-state index contributed by atoms with van der Waals surface area (Å²) in [6, 6.07) is 6.08. The lowest BCUT2D eigenvalue weighted by Gasteiger charge is -2.43. The number of nitrogens with zero attached hydrogens (tertiary/aromatic N) is 1. The smallest absolute Gasteiger partial charge is 0.489 e. The van der Waals surface area contributed by atoms with E-state index in [1.54, 1.807) is 0 Å². The van der Waals surface area contributed by atoms with E-state index in [2.05, 4.69) is 4.74 Å². The molecule has 2 aliphatic rings. The van der Waals surface area contributed by atoms with Crippen LogP contribution in [0.25, 0.3) is 11.1 Å². The highest BCUT2D eigenvalue weighted by Crippen LogP contribution is 2.45. The molecule has 4 rings (SSSR count). The van der Waals surface area contributed by atoms with E-state index in [0.717, 1.165) is 24.3 Å². The number of halogens is 8. The van der Waals surface area contributed by atoms with Crippen LogP contribution in [0.3, 0.4) is 0 Å². The van der Waals surface area contributed by atoms with Crippen molar-refractivity contribution in [2.24, 2.45) is 5.92 Å². The molecule has 0 bridgehead atoms. The first-order valence-corrected chi connectivity index (χ1v) is 10.7. The van der Waals surface area contributed by atoms with E-state index >= 15 is 0 Å². The van der Waals surface area contributed by atoms with Gasteiger partial charge in [-0.1, -0.05) is 18.2 Å². The number of aliphatic hydroxyl groups is 1. The van der Waals surface area contributed by atoms with Crippen LogP contribution in [0, 0.1) is 17.6 Å². The van der Waals surface area contributed by atoms with Crippen molar-refractivity contribution in [1.82, 2.24) is 0 Å². The van der Waals surface area contributed by atoms with Gasteiger partial charge in [-0.05, 0) is 42.3 Å². The van der Waals surface area contributed by atoms with Crippen LogP contribution in [-0.2, 0) is 4.74 Å². The lowest BCUT2D eigenvalue weighted by atomic mass is 9.89. The molecule has 2 aromatic rings. The minimum absolute atomic E-state index is 0.0234. The van der Waals surface area contributed by atoms with Crippen LogP contribution in [0.5, 0.6) is 5.75 Å². The molecule has 0 fully saturated rings. The number of ether oxygens (including phenoxy) is 2. The van der Waals surface area contributed by atoms with Gasteiger partial charge >= 0.3 is 12.5 Å². The molecule has 3 atom stereocenters. The van der Waals surface area contributed by atoms with Gasteiger partial charge in [-0.15, -0.1) is 13.2 Å². The molecule has 12 heteroatoms. The molecule has 0 saturated heterocycles. The zero-order valence-corrected chi connectivity index (χ0v) is 18.3. The summed E-state index contributed by atoms with van der Waals surface area (Å²) in [5, 5.41) is 9.83. The second-order valence-corrected chi connectivity index (χ2v) is 8.32. The molecule has 0 saturated carbocycles. The van der Waals surface area contributed by atoms with Crippen molar-refractivity contribution in [3.8, 4) is 16.9 Å². The highest BCUT2D eigenvalue weighted by atomic mass is 19.4. The maximum absolute atomic E-state index is 13.8. The summed E-state index contributed by atoms with van der Waals surface area (Å²) in [6.45, 7) is -1.23. The van der Waals surface area contributed by atoms with Gasteiger partial charge in [-0.25, -0.2) is 8.78 Å². The van der Waals surface area contributed by atoms with Gasteiger partial charge in [0.25, 0.3) is 0 Å². The van der Waals surface area contributed by atoms with Gasteiger partial charge in [0.2, 0.25) is 0 Å². The average molecular weight is 521 g/mol. The van der Waals surface area contributed by atoms with Gasteiger partial charge in [0.1, 0.15) is 24.0 Å². The monoisotopic (exact) mass is 521 g/mol. The van der Waals surface area contributed by atoms with E-state index < -0.39 is 54.5 Å².